The van der Waals surface area contributed by atoms with Gasteiger partial charge in [0.2, 0.25) is 21.8 Å². The van der Waals surface area contributed by atoms with E-state index in [9.17, 15) is 44.8 Å². The SMILES string of the molecule is CC(=O)Cc1ccc(CCS(=O)(=O)N2CCC(NC(=O)C3CCC(CC(F)(F)C(F)(F)F)CC3)(C(N)=O)CC2)c(C)c1. The molecule has 2 amide bonds. The minimum absolute atomic E-state index is 0.0122. The Morgan fingerprint density at radius 2 is 1.64 bits per heavy atom. The smallest absolute Gasteiger partial charge is 0.368 e. The van der Waals surface area contributed by atoms with Crippen molar-refractivity contribution in [3.8, 4) is 0 Å². The van der Waals surface area contributed by atoms with Gasteiger partial charge in [-0.2, -0.15) is 22.0 Å². The minimum atomic E-state index is -5.63. The lowest BCUT2D eigenvalue weighted by molar-refractivity contribution is -0.288. The molecule has 3 rings (SSSR count). The zero-order valence-electron chi connectivity index (χ0n) is 23.7. The highest BCUT2D eigenvalue weighted by molar-refractivity contribution is 7.89. The molecule has 1 aromatic rings. The van der Waals surface area contributed by atoms with Gasteiger partial charge in [-0.25, -0.2) is 12.7 Å². The van der Waals surface area contributed by atoms with E-state index in [1.54, 1.807) is 6.07 Å². The maximum absolute atomic E-state index is 13.4. The molecule has 0 aromatic heterocycles. The first-order chi connectivity index (χ1) is 19.3. The van der Waals surface area contributed by atoms with Crippen molar-refractivity contribution < 1.29 is 44.8 Å². The Labute approximate surface area is 242 Å². The lowest BCUT2D eigenvalue weighted by Gasteiger charge is -2.40. The van der Waals surface area contributed by atoms with Crippen molar-refractivity contribution >= 4 is 27.6 Å². The van der Waals surface area contributed by atoms with E-state index in [1.807, 2.05) is 19.1 Å². The Morgan fingerprint density at radius 1 is 1.05 bits per heavy atom. The van der Waals surface area contributed by atoms with Gasteiger partial charge in [-0.3, -0.25) is 14.4 Å². The normalized spacial score (nSPS) is 22.0. The summed E-state index contributed by atoms with van der Waals surface area (Å²) in [5.74, 6) is -7.88. The third-order valence-corrected chi connectivity index (χ3v) is 10.3. The maximum Gasteiger partial charge on any atom is 0.453 e. The van der Waals surface area contributed by atoms with Crippen molar-refractivity contribution in [3.05, 3.63) is 34.9 Å². The van der Waals surface area contributed by atoms with E-state index in [0.717, 1.165) is 16.7 Å². The predicted octanol–water partition coefficient (Wildman–Crippen LogP) is 3.83. The van der Waals surface area contributed by atoms with Gasteiger partial charge in [0.25, 0.3) is 0 Å². The number of sulfonamides is 1. The molecule has 1 saturated carbocycles. The Kier molecular flexibility index (Phi) is 10.4. The number of rotatable bonds is 11. The van der Waals surface area contributed by atoms with Crippen LogP contribution in [0.5, 0.6) is 0 Å². The van der Waals surface area contributed by atoms with Crippen LogP contribution in [0.15, 0.2) is 18.2 Å². The fraction of sp³-hybridized carbons (Fsp3) is 0.679. The summed E-state index contributed by atoms with van der Waals surface area (Å²) in [5.41, 5.74) is 6.69. The fourth-order valence-corrected chi connectivity index (χ4v) is 7.30. The Balaban J connectivity index is 1.54. The summed E-state index contributed by atoms with van der Waals surface area (Å²) in [5, 5.41) is 2.66. The third-order valence-electron chi connectivity index (χ3n) is 8.47. The van der Waals surface area contributed by atoms with Crippen LogP contribution in [0.2, 0.25) is 0 Å². The molecule has 0 spiro atoms. The van der Waals surface area contributed by atoms with Crippen molar-refractivity contribution in [2.75, 3.05) is 18.8 Å². The highest BCUT2D eigenvalue weighted by atomic mass is 32.2. The molecule has 14 heteroatoms. The molecule has 236 valence electrons. The van der Waals surface area contributed by atoms with E-state index >= 15 is 0 Å². The van der Waals surface area contributed by atoms with Crippen LogP contribution in [-0.4, -0.2) is 66.8 Å². The zero-order valence-corrected chi connectivity index (χ0v) is 24.6. The maximum atomic E-state index is 13.4. The van der Waals surface area contributed by atoms with E-state index in [1.165, 1.54) is 11.2 Å². The number of piperidine rings is 1. The second-order valence-electron chi connectivity index (χ2n) is 11.7. The van der Waals surface area contributed by atoms with Crippen molar-refractivity contribution in [2.24, 2.45) is 17.6 Å². The number of primary amides is 1. The van der Waals surface area contributed by atoms with Crippen molar-refractivity contribution in [3.63, 3.8) is 0 Å². The van der Waals surface area contributed by atoms with E-state index in [4.69, 9.17) is 5.73 Å². The highest BCUT2D eigenvalue weighted by Gasteiger charge is 2.58. The first-order valence-electron chi connectivity index (χ1n) is 14.0. The number of carbonyl (C=O) groups excluding carboxylic acids is 3. The number of halogens is 5. The van der Waals surface area contributed by atoms with Gasteiger partial charge >= 0.3 is 12.1 Å². The number of alkyl halides is 5. The number of ketones is 1. The van der Waals surface area contributed by atoms with Gasteiger partial charge in [0.15, 0.2) is 0 Å². The highest BCUT2D eigenvalue weighted by Crippen LogP contribution is 2.44. The number of carbonyl (C=O) groups is 3. The largest absolute Gasteiger partial charge is 0.453 e. The molecule has 1 aromatic carbocycles. The second kappa shape index (κ2) is 12.9. The quantitative estimate of drug-likeness (QED) is 0.363. The Bertz CT molecular complexity index is 1270. The lowest BCUT2D eigenvalue weighted by atomic mass is 9.78. The van der Waals surface area contributed by atoms with Crippen LogP contribution < -0.4 is 11.1 Å². The van der Waals surface area contributed by atoms with Gasteiger partial charge in [0.1, 0.15) is 11.3 Å². The van der Waals surface area contributed by atoms with Crippen LogP contribution in [0.4, 0.5) is 22.0 Å². The van der Waals surface area contributed by atoms with Crippen LogP contribution in [0, 0.1) is 18.8 Å². The molecule has 3 N–H and O–H groups in total. The first-order valence-corrected chi connectivity index (χ1v) is 15.6. The molecule has 0 unspecified atom stereocenters. The average Bonchev–Trinajstić information content (AvgIpc) is 2.87. The molecule has 1 aliphatic carbocycles. The second-order valence-corrected chi connectivity index (χ2v) is 13.8. The molecular weight excluding hydrogens is 585 g/mol. The van der Waals surface area contributed by atoms with Gasteiger partial charge in [-0.15, -0.1) is 0 Å². The van der Waals surface area contributed by atoms with Crippen molar-refractivity contribution in [1.29, 1.82) is 0 Å². The Morgan fingerprint density at radius 3 is 2.14 bits per heavy atom. The number of benzene rings is 1. The first kappa shape index (κ1) is 33.9. The van der Waals surface area contributed by atoms with Gasteiger partial charge in [-0.1, -0.05) is 18.2 Å². The minimum Gasteiger partial charge on any atom is -0.368 e. The van der Waals surface area contributed by atoms with Crippen molar-refractivity contribution in [1.82, 2.24) is 9.62 Å². The summed E-state index contributed by atoms with van der Waals surface area (Å²) in [6.45, 7) is 3.23. The summed E-state index contributed by atoms with van der Waals surface area (Å²) >= 11 is 0. The molecule has 42 heavy (non-hydrogen) atoms. The van der Waals surface area contributed by atoms with Crippen LogP contribution in [0.25, 0.3) is 0 Å². The molecule has 1 aliphatic heterocycles. The van der Waals surface area contributed by atoms with Crippen LogP contribution >= 0.6 is 0 Å². The summed E-state index contributed by atoms with van der Waals surface area (Å²) in [6.07, 6.45) is -6.31. The fourth-order valence-electron chi connectivity index (χ4n) is 5.83. The topological polar surface area (TPSA) is 127 Å². The molecule has 8 nitrogen and oxygen atoms in total. The molecule has 0 atom stereocenters. The molecule has 0 radical (unpaired) electrons. The van der Waals surface area contributed by atoms with E-state index in [2.05, 4.69) is 5.32 Å². The zero-order chi connectivity index (χ0) is 31.5. The van der Waals surface area contributed by atoms with Gasteiger partial charge in [-0.05, 0) is 81.4 Å². The lowest BCUT2D eigenvalue weighted by Crippen LogP contribution is -2.63. The molecular formula is C28H38F5N3O5S. The monoisotopic (exact) mass is 623 g/mol. The number of nitrogens with one attached hydrogen (secondary N) is 1. The number of nitrogens with two attached hydrogens (primary N) is 1. The number of hydrogen-bond donors (Lipinski definition) is 2. The third kappa shape index (κ3) is 8.27. The number of aryl methyl sites for hydroxylation is 2. The number of amides is 2. The summed E-state index contributed by atoms with van der Waals surface area (Å²) in [4.78, 5) is 36.8. The van der Waals surface area contributed by atoms with E-state index in [0.29, 0.717) is 6.42 Å². The van der Waals surface area contributed by atoms with Crippen LogP contribution in [-0.2, 0) is 37.2 Å². The van der Waals surface area contributed by atoms with Gasteiger partial charge in [0.05, 0.1) is 5.75 Å². The number of Topliss-reactive ketones (excluding diaryl/α,β-unsaturated/α-hetero) is 1. The van der Waals surface area contributed by atoms with Crippen LogP contribution in [0.1, 0.15) is 68.6 Å². The Hall–Kier alpha value is -2.61. The molecule has 1 saturated heterocycles. The van der Waals surface area contributed by atoms with Gasteiger partial charge < -0.3 is 11.1 Å². The molecule has 2 aliphatic rings. The average molecular weight is 624 g/mol. The summed E-state index contributed by atoms with van der Waals surface area (Å²) in [6, 6.07) is 5.46. The molecule has 2 fully saturated rings. The summed E-state index contributed by atoms with van der Waals surface area (Å²) < 4.78 is 91.9. The van der Waals surface area contributed by atoms with E-state index in [-0.39, 0.29) is 69.6 Å². The standard InChI is InChI=1S/C28H38F5N3O5S/c1-18-15-21(16-19(2)37)5-6-22(18)9-14-42(40,41)36-12-10-26(11-13-36,25(34)39)35-24(38)23-7-3-20(4-8-23)17-27(29,30)28(31,32)33/h5-6,15,20,23H,3-4,7-14,16-17H2,1-2H3,(H2,34,39)(H,35,38). The number of nitrogens with zero attached hydrogens (tertiary/aromatic N) is 1. The summed E-state index contributed by atoms with van der Waals surface area (Å²) in [7, 11) is -3.71. The number of hydrogen-bond acceptors (Lipinski definition) is 5. The van der Waals surface area contributed by atoms with E-state index < -0.39 is 57.7 Å². The molecule has 0 bridgehead atoms. The van der Waals surface area contributed by atoms with Gasteiger partial charge in [0, 0.05) is 31.8 Å². The van der Waals surface area contributed by atoms with Crippen molar-refractivity contribution in [2.45, 2.75) is 89.3 Å². The predicted molar refractivity (Wildman–Crippen MR) is 145 cm³/mol. The molecule has 1 heterocycles. The van der Waals surface area contributed by atoms with Crippen LogP contribution in [0.3, 0.4) is 0 Å².